The number of aryl methyl sites for hydroxylation is 1. The predicted molar refractivity (Wildman–Crippen MR) is 86.6 cm³/mol. The fraction of sp³-hybridized carbons (Fsp3) is 0.294. The maximum atomic E-state index is 6.18. The predicted octanol–water partition coefficient (Wildman–Crippen LogP) is 3.97. The molecular weight excluding hydrogens is 286 g/mol. The van der Waals surface area contributed by atoms with Crippen LogP contribution in [0.5, 0.6) is 11.5 Å². The summed E-state index contributed by atoms with van der Waals surface area (Å²) in [5.41, 5.74) is 3.28. The Balaban J connectivity index is 2.50. The third-order valence-corrected chi connectivity index (χ3v) is 3.66. The highest BCUT2D eigenvalue weighted by Gasteiger charge is 2.18. The van der Waals surface area contributed by atoms with Crippen molar-refractivity contribution in [2.75, 3.05) is 21.3 Å². The molecular formula is C17H20ClNO2. The van der Waals surface area contributed by atoms with Gasteiger partial charge in [0, 0.05) is 16.7 Å². The minimum absolute atomic E-state index is 0.00301. The summed E-state index contributed by atoms with van der Waals surface area (Å²) in [7, 11) is 5.23. The summed E-state index contributed by atoms with van der Waals surface area (Å²) in [4.78, 5) is 0. The molecule has 0 saturated heterocycles. The van der Waals surface area contributed by atoms with Crippen LogP contribution in [-0.4, -0.2) is 21.3 Å². The first-order valence-corrected chi connectivity index (χ1v) is 7.13. The van der Waals surface area contributed by atoms with Crippen LogP contribution in [-0.2, 0) is 0 Å². The van der Waals surface area contributed by atoms with Gasteiger partial charge in [-0.25, -0.2) is 0 Å². The normalized spacial score (nSPS) is 12.0. The zero-order valence-corrected chi connectivity index (χ0v) is 13.5. The zero-order valence-electron chi connectivity index (χ0n) is 12.7. The van der Waals surface area contributed by atoms with Crippen molar-refractivity contribution in [1.29, 1.82) is 0 Å². The maximum Gasteiger partial charge on any atom is 0.127 e. The van der Waals surface area contributed by atoms with Crippen LogP contribution < -0.4 is 14.8 Å². The molecule has 2 rings (SSSR count). The Morgan fingerprint density at radius 3 is 2.38 bits per heavy atom. The molecule has 0 bridgehead atoms. The number of hydrogen-bond donors (Lipinski definition) is 1. The first-order valence-electron chi connectivity index (χ1n) is 6.75. The molecule has 0 saturated carbocycles. The molecule has 0 spiro atoms. The van der Waals surface area contributed by atoms with Gasteiger partial charge >= 0.3 is 0 Å². The van der Waals surface area contributed by atoms with Crippen LogP contribution in [0, 0.1) is 6.92 Å². The van der Waals surface area contributed by atoms with Crippen molar-refractivity contribution in [3.8, 4) is 11.5 Å². The summed E-state index contributed by atoms with van der Waals surface area (Å²) >= 11 is 6.18. The Kier molecular flexibility index (Phi) is 5.10. The number of ether oxygens (including phenoxy) is 2. The summed E-state index contributed by atoms with van der Waals surface area (Å²) in [6, 6.07) is 11.9. The molecule has 0 aliphatic carbocycles. The highest BCUT2D eigenvalue weighted by atomic mass is 35.5. The highest BCUT2D eigenvalue weighted by Crippen LogP contribution is 2.34. The Morgan fingerprint density at radius 2 is 1.81 bits per heavy atom. The maximum absolute atomic E-state index is 6.18. The number of methoxy groups -OCH3 is 2. The van der Waals surface area contributed by atoms with Crippen molar-refractivity contribution in [3.05, 3.63) is 58.1 Å². The molecule has 0 aliphatic heterocycles. The zero-order chi connectivity index (χ0) is 15.4. The molecule has 1 unspecified atom stereocenters. The average molecular weight is 306 g/mol. The van der Waals surface area contributed by atoms with Gasteiger partial charge in [0.15, 0.2) is 0 Å². The van der Waals surface area contributed by atoms with Gasteiger partial charge in [-0.3, -0.25) is 0 Å². The van der Waals surface area contributed by atoms with Crippen LogP contribution in [0.15, 0.2) is 36.4 Å². The monoisotopic (exact) mass is 305 g/mol. The standard InChI is InChI=1S/C17H20ClNO2/c1-11-7-12(9-13(18)8-11)17(19-2)15-6-5-14(20-3)10-16(15)21-4/h5-10,17,19H,1-4H3. The summed E-state index contributed by atoms with van der Waals surface area (Å²) in [5, 5.41) is 4.06. The number of hydrogen-bond acceptors (Lipinski definition) is 3. The lowest BCUT2D eigenvalue weighted by Gasteiger charge is -2.21. The van der Waals surface area contributed by atoms with Gasteiger partial charge in [0.25, 0.3) is 0 Å². The lowest BCUT2D eigenvalue weighted by atomic mass is 9.96. The summed E-state index contributed by atoms with van der Waals surface area (Å²) in [6.07, 6.45) is 0. The number of nitrogens with one attached hydrogen (secondary N) is 1. The van der Waals surface area contributed by atoms with E-state index in [4.69, 9.17) is 21.1 Å². The first kappa shape index (κ1) is 15.7. The van der Waals surface area contributed by atoms with Gasteiger partial charge in [0.1, 0.15) is 11.5 Å². The van der Waals surface area contributed by atoms with E-state index in [-0.39, 0.29) is 6.04 Å². The molecule has 21 heavy (non-hydrogen) atoms. The van der Waals surface area contributed by atoms with Crippen molar-refractivity contribution in [3.63, 3.8) is 0 Å². The molecule has 0 fully saturated rings. The van der Waals surface area contributed by atoms with Crippen molar-refractivity contribution >= 4 is 11.6 Å². The average Bonchev–Trinajstić information content (AvgIpc) is 2.47. The largest absolute Gasteiger partial charge is 0.497 e. The smallest absolute Gasteiger partial charge is 0.127 e. The van der Waals surface area contributed by atoms with Crippen LogP contribution in [0.25, 0.3) is 0 Å². The summed E-state index contributed by atoms with van der Waals surface area (Å²) in [6.45, 7) is 2.04. The molecule has 4 heteroatoms. The topological polar surface area (TPSA) is 30.5 Å². The van der Waals surface area contributed by atoms with E-state index in [1.165, 1.54) is 0 Å². The fourth-order valence-electron chi connectivity index (χ4n) is 2.49. The molecule has 0 aromatic heterocycles. The Labute approximate surface area is 130 Å². The van der Waals surface area contributed by atoms with Gasteiger partial charge in [0.2, 0.25) is 0 Å². The molecule has 112 valence electrons. The number of benzene rings is 2. The number of halogens is 1. The quantitative estimate of drug-likeness (QED) is 0.906. The Bertz CT molecular complexity index is 608. The second kappa shape index (κ2) is 6.83. The van der Waals surface area contributed by atoms with Crippen LogP contribution in [0.2, 0.25) is 5.02 Å². The fourth-order valence-corrected chi connectivity index (χ4v) is 2.79. The van der Waals surface area contributed by atoms with Crippen LogP contribution >= 0.6 is 11.6 Å². The van der Waals surface area contributed by atoms with E-state index in [0.717, 1.165) is 33.2 Å². The lowest BCUT2D eigenvalue weighted by Crippen LogP contribution is -2.18. The molecule has 2 aromatic carbocycles. The Morgan fingerprint density at radius 1 is 1.05 bits per heavy atom. The van der Waals surface area contributed by atoms with E-state index in [1.54, 1.807) is 14.2 Å². The Hall–Kier alpha value is -1.71. The lowest BCUT2D eigenvalue weighted by molar-refractivity contribution is 0.388. The molecule has 0 aliphatic rings. The molecule has 2 aromatic rings. The van der Waals surface area contributed by atoms with Crippen LogP contribution in [0.1, 0.15) is 22.7 Å². The van der Waals surface area contributed by atoms with E-state index in [0.29, 0.717) is 0 Å². The third-order valence-electron chi connectivity index (χ3n) is 3.44. The minimum Gasteiger partial charge on any atom is -0.497 e. The van der Waals surface area contributed by atoms with E-state index in [9.17, 15) is 0 Å². The van der Waals surface area contributed by atoms with Crippen LogP contribution in [0.4, 0.5) is 0 Å². The molecule has 3 nitrogen and oxygen atoms in total. The minimum atomic E-state index is 0.00301. The summed E-state index contributed by atoms with van der Waals surface area (Å²) < 4.78 is 10.7. The first-order chi connectivity index (χ1) is 10.1. The SMILES string of the molecule is CNC(c1cc(C)cc(Cl)c1)c1ccc(OC)cc1OC. The van der Waals surface area contributed by atoms with Crippen molar-refractivity contribution < 1.29 is 9.47 Å². The van der Waals surface area contributed by atoms with Crippen molar-refractivity contribution in [2.45, 2.75) is 13.0 Å². The van der Waals surface area contributed by atoms with Crippen molar-refractivity contribution in [2.24, 2.45) is 0 Å². The van der Waals surface area contributed by atoms with E-state index in [1.807, 2.05) is 44.3 Å². The van der Waals surface area contributed by atoms with Gasteiger partial charge in [-0.15, -0.1) is 0 Å². The van der Waals surface area contributed by atoms with Gasteiger partial charge in [-0.05, 0) is 49.4 Å². The van der Waals surface area contributed by atoms with E-state index < -0.39 is 0 Å². The van der Waals surface area contributed by atoms with E-state index in [2.05, 4.69) is 11.4 Å². The summed E-state index contributed by atoms with van der Waals surface area (Å²) in [5.74, 6) is 1.55. The van der Waals surface area contributed by atoms with Gasteiger partial charge in [-0.2, -0.15) is 0 Å². The second-order valence-electron chi connectivity index (χ2n) is 4.89. The second-order valence-corrected chi connectivity index (χ2v) is 5.33. The van der Waals surface area contributed by atoms with Gasteiger partial charge in [-0.1, -0.05) is 17.7 Å². The molecule has 0 amide bonds. The van der Waals surface area contributed by atoms with Gasteiger partial charge in [0.05, 0.1) is 20.3 Å². The van der Waals surface area contributed by atoms with Crippen molar-refractivity contribution in [1.82, 2.24) is 5.32 Å². The number of rotatable bonds is 5. The highest BCUT2D eigenvalue weighted by molar-refractivity contribution is 6.30. The molecule has 1 N–H and O–H groups in total. The molecule has 0 radical (unpaired) electrons. The van der Waals surface area contributed by atoms with Crippen LogP contribution in [0.3, 0.4) is 0 Å². The molecule has 0 heterocycles. The third kappa shape index (κ3) is 3.49. The molecule has 1 atom stereocenters. The van der Waals surface area contributed by atoms with Gasteiger partial charge < -0.3 is 14.8 Å². The van der Waals surface area contributed by atoms with E-state index >= 15 is 0 Å².